The van der Waals surface area contributed by atoms with Gasteiger partial charge in [-0.15, -0.1) is 0 Å². The number of aliphatic hydroxyl groups excluding tert-OH is 1. The summed E-state index contributed by atoms with van der Waals surface area (Å²) in [6.45, 7) is 14.6. The van der Waals surface area contributed by atoms with Gasteiger partial charge in [0.05, 0.1) is 6.10 Å². The van der Waals surface area contributed by atoms with Crippen molar-refractivity contribution in [1.82, 2.24) is 0 Å². The van der Waals surface area contributed by atoms with Crippen molar-refractivity contribution in [2.45, 2.75) is 79.2 Å². The summed E-state index contributed by atoms with van der Waals surface area (Å²) in [4.78, 5) is 11.4. The minimum atomic E-state index is -0.128. The van der Waals surface area contributed by atoms with Gasteiger partial charge in [-0.2, -0.15) is 0 Å². The maximum atomic E-state index is 11.4. The van der Waals surface area contributed by atoms with Crippen LogP contribution in [0, 0.1) is 29.6 Å². The summed E-state index contributed by atoms with van der Waals surface area (Å²) in [6, 6.07) is 0. The standard InChI is InChI=1S/2C10H18O/c2*1-7(2)9-5-4-8(3)6-10(9)11/h7-9H,4-6H2,1-3H3;8-11H,1,4-6H2,2-3H3. The van der Waals surface area contributed by atoms with Gasteiger partial charge in [-0.25, -0.2) is 0 Å². The van der Waals surface area contributed by atoms with E-state index in [1.54, 1.807) is 0 Å². The molecule has 2 fully saturated rings. The molecule has 2 aliphatic rings. The summed E-state index contributed by atoms with van der Waals surface area (Å²) in [5.74, 6) is 3.12. The summed E-state index contributed by atoms with van der Waals surface area (Å²) < 4.78 is 0. The maximum Gasteiger partial charge on any atom is 0.136 e. The Balaban J connectivity index is 0.000000220. The lowest BCUT2D eigenvalue weighted by molar-refractivity contribution is -0.127. The van der Waals surface area contributed by atoms with Crippen LogP contribution in [0.4, 0.5) is 0 Å². The number of carbonyl (C=O) groups is 1. The van der Waals surface area contributed by atoms with E-state index in [2.05, 4.69) is 34.3 Å². The van der Waals surface area contributed by atoms with E-state index in [1.165, 1.54) is 12.8 Å². The van der Waals surface area contributed by atoms with Gasteiger partial charge in [0.25, 0.3) is 0 Å². The molecule has 0 spiro atoms. The van der Waals surface area contributed by atoms with Crippen molar-refractivity contribution < 1.29 is 9.90 Å². The Morgan fingerprint density at radius 2 is 1.73 bits per heavy atom. The van der Waals surface area contributed by atoms with Crippen molar-refractivity contribution in [3.05, 3.63) is 12.2 Å². The molecule has 0 radical (unpaired) electrons. The monoisotopic (exact) mass is 308 g/mol. The molecule has 0 saturated heterocycles. The fourth-order valence-corrected chi connectivity index (χ4v) is 3.85. The maximum absolute atomic E-state index is 11.4. The number of ketones is 1. The summed E-state index contributed by atoms with van der Waals surface area (Å²) in [6.07, 6.45) is 6.38. The van der Waals surface area contributed by atoms with Gasteiger partial charge < -0.3 is 5.11 Å². The first-order valence-corrected chi connectivity index (χ1v) is 9.08. The molecule has 2 saturated carbocycles. The summed E-state index contributed by atoms with van der Waals surface area (Å²) in [5, 5.41) is 9.65. The topological polar surface area (TPSA) is 37.3 Å². The first-order chi connectivity index (χ1) is 10.2. The van der Waals surface area contributed by atoms with E-state index in [9.17, 15) is 9.90 Å². The van der Waals surface area contributed by atoms with Crippen LogP contribution >= 0.6 is 0 Å². The molecule has 0 heterocycles. The molecule has 5 atom stereocenters. The van der Waals surface area contributed by atoms with Gasteiger partial charge in [0.15, 0.2) is 0 Å². The Morgan fingerprint density at radius 3 is 2.18 bits per heavy atom. The van der Waals surface area contributed by atoms with Gasteiger partial charge in [0, 0.05) is 18.3 Å². The van der Waals surface area contributed by atoms with Gasteiger partial charge in [-0.1, -0.05) is 39.8 Å². The van der Waals surface area contributed by atoms with Gasteiger partial charge in [0.1, 0.15) is 5.78 Å². The Bertz CT molecular complexity index is 370. The van der Waals surface area contributed by atoms with E-state index in [0.717, 1.165) is 31.3 Å². The minimum Gasteiger partial charge on any atom is -0.392 e. The van der Waals surface area contributed by atoms with Crippen LogP contribution < -0.4 is 0 Å². The lowest BCUT2D eigenvalue weighted by atomic mass is 9.77. The van der Waals surface area contributed by atoms with Gasteiger partial charge in [-0.05, 0) is 56.8 Å². The number of rotatable bonds is 2. The second-order valence-corrected chi connectivity index (χ2v) is 8.14. The first kappa shape index (κ1) is 19.4. The van der Waals surface area contributed by atoms with E-state index in [1.807, 2.05) is 6.92 Å². The quantitative estimate of drug-likeness (QED) is 0.728. The van der Waals surface area contributed by atoms with Crippen molar-refractivity contribution >= 4 is 5.78 Å². The molecule has 0 aromatic heterocycles. The molecule has 2 heteroatoms. The second kappa shape index (κ2) is 8.86. The number of Topliss-reactive ketones (excluding diaryl/α,β-unsaturated/α-hetero) is 1. The molecule has 2 nitrogen and oxygen atoms in total. The molecule has 2 rings (SSSR count). The highest BCUT2D eigenvalue weighted by Gasteiger charge is 2.28. The Hall–Kier alpha value is -0.630. The fourth-order valence-electron chi connectivity index (χ4n) is 3.85. The number of hydrogen-bond acceptors (Lipinski definition) is 2. The molecule has 128 valence electrons. The van der Waals surface area contributed by atoms with Crippen LogP contribution in [0.2, 0.25) is 0 Å². The SMILES string of the molecule is C=C(C)C1CCC(C)CC1O.CC1CCC(C(C)C)C(=O)C1. The lowest BCUT2D eigenvalue weighted by Gasteiger charge is -2.31. The molecule has 0 aliphatic heterocycles. The number of aliphatic hydroxyl groups is 1. The highest BCUT2D eigenvalue weighted by molar-refractivity contribution is 5.82. The van der Waals surface area contributed by atoms with E-state index in [4.69, 9.17) is 0 Å². The third-order valence-corrected chi connectivity index (χ3v) is 5.45. The molecule has 0 bridgehead atoms. The lowest BCUT2D eigenvalue weighted by Crippen LogP contribution is -2.28. The molecular weight excluding hydrogens is 272 g/mol. The molecule has 1 N–H and O–H groups in total. The largest absolute Gasteiger partial charge is 0.392 e. The molecule has 0 aromatic carbocycles. The van der Waals surface area contributed by atoms with Crippen molar-refractivity contribution in [3.8, 4) is 0 Å². The van der Waals surface area contributed by atoms with Crippen LogP contribution in [0.15, 0.2) is 12.2 Å². The average Bonchev–Trinajstić information content (AvgIpc) is 2.38. The van der Waals surface area contributed by atoms with Crippen molar-refractivity contribution in [1.29, 1.82) is 0 Å². The third kappa shape index (κ3) is 5.87. The van der Waals surface area contributed by atoms with Crippen LogP contribution in [-0.2, 0) is 4.79 Å². The normalized spacial score (nSPS) is 35.8. The highest BCUT2D eigenvalue weighted by atomic mass is 16.3. The average molecular weight is 309 g/mol. The predicted octanol–water partition coefficient (Wildman–Crippen LogP) is 5.01. The van der Waals surface area contributed by atoms with E-state index in [-0.39, 0.29) is 6.10 Å². The van der Waals surface area contributed by atoms with E-state index >= 15 is 0 Å². The van der Waals surface area contributed by atoms with Crippen molar-refractivity contribution in [2.75, 3.05) is 0 Å². The zero-order valence-corrected chi connectivity index (χ0v) is 15.3. The van der Waals surface area contributed by atoms with Crippen molar-refractivity contribution in [3.63, 3.8) is 0 Å². The second-order valence-electron chi connectivity index (χ2n) is 8.14. The predicted molar refractivity (Wildman–Crippen MR) is 93.7 cm³/mol. The van der Waals surface area contributed by atoms with Crippen LogP contribution in [0.3, 0.4) is 0 Å². The third-order valence-electron chi connectivity index (χ3n) is 5.45. The van der Waals surface area contributed by atoms with Crippen molar-refractivity contribution in [2.24, 2.45) is 29.6 Å². The zero-order valence-electron chi connectivity index (χ0n) is 15.3. The van der Waals surface area contributed by atoms with Gasteiger partial charge >= 0.3 is 0 Å². The summed E-state index contributed by atoms with van der Waals surface area (Å²) >= 11 is 0. The van der Waals surface area contributed by atoms with E-state index < -0.39 is 0 Å². The van der Waals surface area contributed by atoms with Gasteiger partial charge in [0.2, 0.25) is 0 Å². The zero-order chi connectivity index (χ0) is 16.9. The minimum absolute atomic E-state index is 0.128. The number of hydrogen-bond donors (Lipinski definition) is 1. The molecule has 2 aliphatic carbocycles. The Kier molecular flexibility index (Phi) is 7.82. The van der Waals surface area contributed by atoms with E-state index in [0.29, 0.717) is 35.4 Å². The smallest absolute Gasteiger partial charge is 0.136 e. The van der Waals surface area contributed by atoms with Crippen LogP contribution in [-0.4, -0.2) is 17.0 Å². The van der Waals surface area contributed by atoms with Crippen LogP contribution in [0.5, 0.6) is 0 Å². The highest BCUT2D eigenvalue weighted by Crippen LogP contribution is 2.32. The van der Waals surface area contributed by atoms with Crippen LogP contribution in [0.25, 0.3) is 0 Å². The summed E-state index contributed by atoms with van der Waals surface area (Å²) in [5.41, 5.74) is 1.14. The molecule has 5 unspecified atom stereocenters. The first-order valence-electron chi connectivity index (χ1n) is 9.08. The molecule has 0 aromatic rings. The molecule has 0 amide bonds. The molecule has 22 heavy (non-hydrogen) atoms. The summed E-state index contributed by atoms with van der Waals surface area (Å²) in [7, 11) is 0. The number of carbonyl (C=O) groups excluding carboxylic acids is 1. The van der Waals surface area contributed by atoms with Crippen LogP contribution in [0.1, 0.15) is 73.1 Å². The fraction of sp³-hybridized carbons (Fsp3) is 0.850. The Labute approximate surface area is 137 Å². The van der Waals surface area contributed by atoms with Gasteiger partial charge in [-0.3, -0.25) is 4.79 Å². The molecular formula is C20H36O2. The Morgan fingerprint density at radius 1 is 1.14 bits per heavy atom.